The van der Waals surface area contributed by atoms with E-state index in [4.69, 9.17) is 9.47 Å². The Labute approximate surface area is 102 Å². The van der Waals surface area contributed by atoms with Crippen molar-refractivity contribution in [1.29, 1.82) is 0 Å². The van der Waals surface area contributed by atoms with Crippen LogP contribution in [0.5, 0.6) is 11.5 Å². The van der Waals surface area contributed by atoms with Crippen molar-refractivity contribution < 1.29 is 9.47 Å². The molecule has 2 rings (SSSR count). The van der Waals surface area contributed by atoms with Crippen LogP contribution in [0.4, 0.5) is 0 Å². The van der Waals surface area contributed by atoms with Gasteiger partial charge in [0.05, 0.1) is 13.7 Å². The van der Waals surface area contributed by atoms with E-state index in [0.29, 0.717) is 6.61 Å². The summed E-state index contributed by atoms with van der Waals surface area (Å²) in [4.78, 5) is 0. The van der Waals surface area contributed by atoms with E-state index in [1.165, 1.54) is 0 Å². The van der Waals surface area contributed by atoms with E-state index in [2.05, 4.69) is 6.07 Å². The molecule has 2 aromatic rings. The minimum absolute atomic E-state index is 0.687. The summed E-state index contributed by atoms with van der Waals surface area (Å²) in [6.07, 6.45) is 0. The van der Waals surface area contributed by atoms with Crippen molar-refractivity contribution in [2.24, 2.45) is 0 Å². The number of hydrogen-bond acceptors (Lipinski definition) is 2. The van der Waals surface area contributed by atoms with Crippen molar-refractivity contribution in [1.82, 2.24) is 0 Å². The van der Waals surface area contributed by atoms with E-state index < -0.39 is 0 Å². The Kier molecular flexibility index (Phi) is 3.66. The second-order valence-corrected chi connectivity index (χ2v) is 3.69. The lowest BCUT2D eigenvalue weighted by Crippen LogP contribution is -1.91. The first-order valence-electron chi connectivity index (χ1n) is 5.71. The number of hydrogen-bond donors (Lipinski definition) is 0. The van der Waals surface area contributed by atoms with Gasteiger partial charge in [0.25, 0.3) is 0 Å². The summed E-state index contributed by atoms with van der Waals surface area (Å²) in [7, 11) is 1.67. The zero-order valence-electron chi connectivity index (χ0n) is 10.1. The summed E-state index contributed by atoms with van der Waals surface area (Å²) in [6.45, 7) is 2.67. The van der Waals surface area contributed by atoms with Crippen LogP contribution in [0.2, 0.25) is 0 Å². The maximum Gasteiger partial charge on any atom is 0.119 e. The number of rotatable bonds is 4. The topological polar surface area (TPSA) is 18.5 Å². The van der Waals surface area contributed by atoms with Gasteiger partial charge in [-0.2, -0.15) is 0 Å². The molecular formula is C15H16O2. The van der Waals surface area contributed by atoms with Crippen molar-refractivity contribution >= 4 is 0 Å². The fourth-order valence-corrected chi connectivity index (χ4v) is 1.72. The molecular weight excluding hydrogens is 212 g/mol. The maximum atomic E-state index is 5.49. The first-order valence-corrected chi connectivity index (χ1v) is 5.71. The van der Waals surface area contributed by atoms with Crippen LogP contribution in [-0.2, 0) is 0 Å². The molecule has 0 aliphatic heterocycles. The zero-order chi connectivity index (χ0) is 12.1. The average molecular weight is 228 g/mol. The molecule has 0 aliphatic rings. The highest BCUT2D eigenvalue weighted by Crippen LogP contribution is 2.25. The Balaban J connectivity index is 2.28. The molecule has 0 atom stereocenters. The van der Waals surface area contributed by atoms with Gasteiger partial charge >= 0.3 is 0 Å². The summed E-state index contributed by atoms with van der Waals surface area (Å²) in [5, 5.41) is 0. The molecule has 2 aromatic carbocycles. The standard InChI is InChI=1S/C15H16O2/c1-3-17-15-6-4-5-13(11-15)12-7-9-14(16-2)10-8-12/h4-11H,3H2,1-2H3. The number of benzene rings is 2. The van der Waals surface area contributed by atoms with E-state index in [9.17, 15) is 0 Å². The minimum Gasteiger partial charge on any atom is -0.497 e. The summed E-state index contributed by atoms with van der Waals surface area (Å²) in [5.41, 5.74) is 2.31. The Morgan fingerprint density at radius 2 is 1.65 bits per heavy atom. The first kappa shape index (κ1) is 11.5. The van der Waals surface area contributed by atoms with Crippen LogP contribution in [0.1, 0.15) is 6.92 Å². The van der Waals surface area contributed by atoms with E-state index >= 15 is 0 Å². The fraction of sp³-hybridized carbons (Fsp3) is 0.200. The molecule has 0 fully saturated rings. The van der Waals surface area contributed by atoms with Crippen LogP contribution < -0.4 is 9.47 Å². The lowest BCUT2D eigenvalue weighted by Gasteiger charge is -2.07. The zero-order valence-corrected chi connectivity index (χ0v) is 10.1. The number of ether oxygens (including phenoxy) is 2. The highest BCUT2D eigenvalue weighted by Gasteiger charge is 2.00. The molecule has 88 valence electrons. The van der Waals surface area contributed by atoms with Crippen LogP contribution >= 0.6 is 0 Å². The molecule has 0 spiro atoms. The summed E-state index contributed by atoms with van der Waals surface area (Å²) >= 11 is 0. The molecule has 17 heavy (non-hydrogen) atoms. The number of methoxy groups -OCH3 is 1. The molecule has 2 heteroatoms. The van der Waals surface area contributed by atoms with Gasteiger partial charge in [-0.25, -0.2) is 0 Å². The van der Waals surface area contributed by atoms with Crippen molar-refractivity contribution in [3.63, 3.8) is 0 Å². The van der Waals surface area contributed by atoms with Crippen molar-refractivity contribution in [2.75, 3.05) is 13.7 Å². The molecule has 0 heterocycles. The molecule has 0 saturated heterocycles. The van der Waals surface area contributed by atoms with Gasteiger partial charge in [0.1, 0.15) is 11.5 Å². The SMILES string of the molecule is CCOc1cccc(-c2ccc(OC)cc2)c1. The molecule has 0 bridgehead atoms. The predicted octanol–water partition coefficient (Wildman–Crippen LogP) is 3.76. The second kappa shape index (κ2) is 5.39. The summed E-state index contributed by atoms with van der Waals surface area (Å²) in [5.74, 6) is 1.77. The van der Waals surface area contributed by atoms with Gasteiger partial charge in [-0.05, 0) is 42.3 Å². The Morgan fingerprint density at radius 1 is 0.882 bits per heavy atom. The van der Waals surface area contributed by atoms with E-state index in [-0.39, 0.29) is 0 Å². The molecule has 2 nitrogen and oxygen atoms in total. The molecule has 0 amide bonds. The van der Waals surface area contributed by atoms with Crippen molar-refractivity contribution in [3.8, 4) is 22.6 Å². The third-order valence-corrected chi connectivity index (χ3v) is 2.57. The largest absolute Gasteiger partial charge is 0.497 e. The van der Waals surface area contributed by atoms with Gasteiger partial charge in [0, 0.05) is 0 Å². The van der Waals surface area contributed by atoms with Crippen molar-refractivity contribution in [2.45, 2.75) is 6.92 Å². The molecule has 0 unspecified atom stereocenters. The quantitative estimate of drug-likeness (QED) is 0.793. The van der Waals surface area contributed by atoms with Gasteiger partial charge in [-0.1, -0.05) is 24.3 Å². The highest BCUT2D eigenvalue weighted by molar-refractivity contribution is 5.65. The lowest BCUT2D eigenvalue weighted by atomic mass is 10.1. The fourth-order valence-electron chi connectivity index (χ4n) is 1.72. The van der Waals surface area contributed by atoms with Crippen LogP contribution in [0.25, 0.3) is 11.1 Å². The monoisotopic (exact) mass is 228 g/mol. The first-order chi connectivity index (χ1) is 8.33. The van der Waals surface area contributed by atoms with Crippen LogP contribution in [0.3, 0.4) is 0 Å². The molecule has 0 aromatic heterocycles. The normalized spacial score (nSPS) is 10.0. The predicted molar refractivity (Wildman–Crippen MR) is 69.6 cm³/mol. The third-order valence-electron chi connectivity index (χ3n) is 2.57. The molecule has 0 saturated carbocycles. The van der Waals surface area contributed by atoms with Gasteiger partial charge in [0.15, 0.2) is 0 Å². The van der Waals surface area contributed by atoms with Gasteiger partial charge in [-0.15, -0.1) is 0 Å². The van der Waals surface area contributed by atoms with Gasteiger partial charge in [-0.3, -0.25) is 0 Å². The smallest absolute Gasteiger partial charge is 0.119 e. The minimum atomic E-state index is 0.687. The molecule has 0 aliphatic carbocycles. The summed E-state index contributed by atoms with van der Waals surface area (Å²) < 4.78 is 10.6. The Morgan fingerprint density at radius 3 is 2.29 bits per heavy atom. The summed E-state index contributed by atoms with van der Waals surface area (Å²) in [6, 6.07) is 16.1. The van der Waals surface area contributed by atoms with Crippen LogP contribution in [0, 0.1) is 0 Å². The molecule has 0 N–H and O–H groups in total. The van der Waals surface area contributed by atoms with E-state index in [1.54, 1.807) is 7.11 Å². The molecule has 0 radical (unpaired) electrons. The highest BCUT2D eigenvalue weighted by atomic mass is 16.5. The average Bonchev–Trinajstić information content (AvgIpc) is 2.40. The Bertz CT molecular complexity index is 475. The second-order valence-electron chi connectivity index (χ2n) is 3.69. The van der Waals surface area contributed by atoms with Crippen molar-refractivity contribution in [3.05, 3.63) is 48.5 Å². The van der Waals surface area contributed by atoms with E-state index in [0.717, 1.165) is 22.6 Å². The van der Waals surface area contributed by atoms with E-state index in [1.807, 2.05) is 49.4 Å². The van der Waals surface area contributed by atoms with Gasteiger partial charge < -0.3 is 9.47 Å². The Hall–Kier alpha value is -1.96. The van der Waals surface area contributed by atoms with Gasteiger partial charge in [0.2, 0.25) is 0 Å². The third kappa shape index (κ3) is 2.78. The van der Waals surface area contributed by atoms with Crippen LogP contribution in [0.15, 0.2) is 48.5 Å². The maximum absolute atomic E-state index is 5.49. The van der Waals surface area contributed by atoms with Crippen LogP contribution in [-0.4, -0.2) is 13.7 Å². The lowest BCUT2D eigenvalue weighted by molar-refractivity contribution is 0.340.